The zero-order valence-corrected chi connectivity index (χ0v) is 16.9. The van der Waals surface area contributed by atoms with Gasteiger partial charge in [0.05, 0.1) is 10.7 Å². The standard InChI is InChI=1S/C19H29ClN2Si/c1-13(2)23(14(3)4,15(5)6)22-11-10-16(12-22)17-8-7-9-18(20)19(17)21/h7-15H,21H2,1-6H3. The zero-order chi connectivity index (χ0) is 17.4. The van der Waals surface area contributed by atoms with E-state index in [4.69, 9.17) is 17.3 Å². The molecular weight excluding hydrogens is 320 g/mol. The summed E-state index contributed by atoms with van der Waals surface area (Å²) in [5.41, 5.74) is 11.0. The van der Waals surface area contributed by atoms with Crippen LogP contribution in [0, 0.1) is 0 Å². The second-order valence-electron chi connectivity index (χ2n) is 7.36. The Labute approximate surface area is 146 Å². The molecule has 0 bridgehead atoms. The van der Waals surface area contributed by atoms with Gasteiger partial charge in [-0.2, -0.15) is 0 Å². The van der Waals surface area contributed by atoms with Crippen LogP contribution in [0.1, 0.15) is 41.5 Å². The van der Waals surface area contributed by atoms with E-state index in [-0.39, 0.29) is 0 Å². The van der Waals surface area contributed by atoms with Gasteiger partial charge in [0.1, 0.15) is 0 Å². The number of benzene rings is 1. The Hall–Kier alpha value is -1.19. The summed E-state index contributed by atoms with van der Waals surface area (Å²) in [6.45, 7) is 14.2. The summed E-state index contributed by atoms with van der Waals surface area (Å²) >= 11 is 6.19. The highest BCUT2D eigenvalue weighted by Crippen LogP contribution is 2.43. The second-order valence-corrected chi connectivity index (χ2v) is 13.5. The van der Waals surface area contributed by atoms with Gasteiger partial charge in [-0.1, -0.05) is 65.3 Å². The molecule has 0 aliphatic carbocycles. The topological polar surface area (TPSA) is 30.9 Å². The van der Waals surface area contributed by atoms with E-state index >= 15 is 0 Å². The number of nitrogens with zero attached hydrogens (tertiary/aromatic N) is 1. The molecular formula is C19H29ClN2Si. The van der Waals surface area contributed by atoms with Crippen LogP contribution >= 0.6 is 11.6 Å². The molecule has 0 saturated carbocycles. The second kappa shape index (κ2) is 6.74. The van der Waals surface area contributed by atoms with Gasteiger partial charge in [-0.15, -0.1) is 0 Å². The molecule has 0 aliphatic rings. The number of hydrogen-bond acceptors (Lipinski definition) is 1. The van der Waals surface area contributed by atoms with Crippen LogP contribution in [0.25, 0.3) is 11.1 Å². The lowest BCUT2D eigenvalue weighted by Crippen LogP contribution is -2.51. The Kier molecular flexibility index (Phi) is 5.32. The first-order valence-corrected chi connectivity index (χ1v) is 11.0. The van der Waals surface area contributed by atoms with Crippen LogP contribution < -0.4 is 5.73 Å². The number of halogens is 1. The molecule has 0 spiro atoms. The van der Waals surface area contributed by atoms with Gasteiger partial charge in [0.15, 0.2) is 8.24 Å². The van der Waals surface area contributed by atoms with Gasteiger partial charge in [-0.05, 0) is 35.0 Å². The molecule has 0 atom stereocenters. The number of aromatic nitrogens is 1. The van der Waals surface area contributed by atoms with Crippen LogP contribution in [0.4, 0.5) is 5.69 Å². The lowest BCUT2D eigenvalue weighted by Gasteiger charge is -2.44. The Morgan fingerprint density at radius 3 is 2.04 bits per heavy atom. The van der Waals surface area contributed by atoms with Crippen LogP contribution in [0.15, 0.2) is 36.7 Å². The molecule has 0 aliphatic heterocycles. The van der Waals surface area contributed by atoms with Crippen molar-refractivity contribution in [1.82, 2.24) is 4.23 Å². The Bertz CT molecular complexity index is 652. The molecule has 126 valence electrons. The minimum absolute atomic E-state index is 0.621. The molecule has 0 amide bonds. The third-order valence-corrected chi connectivity index (χ3v) is 12.3. The lowest BCUT2D eigenvalue weighted by molar-refractivity contribution is 0.766. The fraction of sp³-hybridized carbons (Fsp3) is 0.474. The molecule has 23 heavy (non-hydrogen) atoms. The molecule has 1 aromatic carbocycles. The number of para-hydroxylation sites is 1. The van der Waals surface area contributed by atoms with E-state index in [1.54, 1.807) is 0 Å². The number of anilines is 1. The summed E-state index contributed by atoms with van der Waals surface area (Å²) in [4.78, 5) is 0. The van der Waals surface area contributed by atoms with Crippen LogP contribution in [-0.4, -0.2) is 12.5 Å². The number of nitrogen functional groups attached to an aromatic ring is 1. The van der Waals surface area contributed by atoms with Crippen LogP contribution in [0.5, 0.6) is 0 Å². The lowest BCUT2D eigenvalue weighted by atomic mass is 10.1. The van der Waals surface area contributed by atoms with E-state index in [1.807, 2.05) is 18.2 Å². The summed E-state index contributed by atoms with van der Waals surface area (Å²) in [5.74, 6) is 0. The molecule has 2 rings (SSSR count). The van der Waals surface area contributed by atoms with Crippen molar-refractivity contribution in [1.29, 1.82) is 0 Å². The first-order chi connectivity index (χ1) is 10.7. The summed E-state index contributed by atoms with van der Waals surface area (Å²) < 4.78 is 2.53. The maximum absolute atomic E-state index is 6.19. The van der Waals surface area contributed by atoms with Gasteiger partial charge in [0, 0.05) is 17.3 Å². The van der Waals surface area contributed by atoms with Gasteiger partial charge >= 0.3 is 0 Å². The van der Waals surface area contributed by atoms with Gasteiger partial charge in [0.25, 0.3) is 0 Å². The van der Waals surface area contributed by atoms with Gasteiger partial charge in [-0.25, -0.2) is 0 Å². The third kappa shape index (κ3) is 2.97. The average molecular weight is 349 g/mol. The van der Waals surface area contributed by atoms with E-state index in [2.05, 4.69) is 64.2 Å². The highest BCUT2D eigenvalue weighted by atomic mass is 35.5. The highest BCUT2D eigenvalue weighted by molar-refractivity contribution is 6.82. The van der Waals surface area contributed by atoms with E-state index in [0.29, 0.717) is 27.3 Å². The van der Waals surface area contributed by atoms with E-state index in [1.165, 1.54) is 0 Å². The predicted molar refractivity (Wildman–Crippen MR) is 106 cm³/mol. The first-order valence-electron chi connectivity index (χ1n) is 8.45. The Morgan fingerprint density at radius 1 is 0.957 bits per heavy atom. The highest BCUT2D eigenvalue weighted by Gasteiger charge is 2.44. The summed E-state index contributed by atoms with van der Waals surface area (Å²) in [6.07, 6.45) is 4.54. The van der Waals surface area contributed by atoms with Crippen molar-refractivity contribution in [2.75, 3.05) is 5.73 Å². The normalized spacial score (nSPS) is 12.6. The zero-order valence-electron chi connectivity index (χ0n) is 15.1. The minimum atomic E-state index is -1.70. The molecule has 4 heteroatoms. The third-order valence-electron chi connectivity index (χ3n) is 5.28. The molecule has 0 radical (unpaired) electrons. The van der Waals surface area contributed by atoms with Crippen molar-refractivity contribution in [3.63, 3.8) is 0 Å². The van der Waals surface area contributed by atoms with E-state index < -0.39 is 8.24 Å². The van der Waals surface area contributed by atoms with Crippen molar-refractivity contribution in [2.24, 2.45) is 0 Å². The number of hydrogen-bond donors (Lipinski definition) is 1. The van der Waals surface area contributed by atoms with Crippen LogP contribution in [-0.2, 0) is 0 Å². The molecule has 0 fully saturated rings. The molecule has 1 aromatic heterocycles. The fourth-order valence-electron chi connectivity index (χ4n) is 4.48. The number of nitrogens with two attached hydrogens (primary N) is 1. The predicted octanol–water partition coefficient (Wildman–Crippen LogP) is 6.41. The van der Waals surface area contributed by atoms with Crippen molar-refractivity contribution in [3.8, 4) is 11.1 Å². The smallest absolute Gasteiger partial charge is 0.168 e. The Balaban J connectivity index is 2.58. The molecule has 2 N–H and O–H groups in total. The van der Waals surface area contributed by atoms with Crippen LogP contribution in [0.3, 0.4) is 0 Å². The largest absolute Gasteiger partial charge is 0.397 e. The quantitative estimate of drug-likeness (QED) is 0.490. The molecule has 1 heterocycles. The molecule has 0 unspecified atom stereocenters. The summed E-state index contributed by atoms with van der Waals surface area (Å²) in [5, 5.41) is 0.621. The minimum Gasteiger partial charge on any atom is -0.397 e. The van der Waals surface area contributed by atoms with Crippen LogP contribution in [0.2, 0.25) is 21.6 Å². The first kappa shape index (κ1) is 18.1. The van der Waals surface area contributed by atoms with E-state index in [0.717, 1.165) is 11.1 Å². The average Bonchev–Trinajstić information content (AvgIpc) is 2.91. The monoisotopic (exact) mass is 348 g/mol. The van der Waals surface area contributed by atoms with Crippen molar-refractivity contribution < 1.29 is 0 Å². The van der Waals surface area contributed by atoms with Gasteiger partial charge in [0.2, 0.25) is 0 Å². The van der Waals surface area contributed by atoms with E-state index in [9.17, 15) is 0 Å². The number of rotatable bonds is 5. The van der Waals surface area contributed by atoms with Crippen molar-refractivity contribution >= 4 is 25.5 Å². The summed E-state index contributed by atoms with van der Waals surface area (Å²) in [7, 11) is -1.70. The Morgan fingerprint density at radius 2 is 1.52 bits per heavy atom. The fourth-order valence-corrected chi connectivity index (χ4v) is 11.1. The van der Waals surface area contributed by atoms with Crippen molar-refractivity contribution in [3.05, 3.63) is 41.7 Å². The molecule has 2 aromatic rings. The van der Waals surface area contributed by atoms with Gasteiger partial charge < -0.3 is 9.97 Å². The van der Waals surface area contributed by atoms with Gasteiger partial charge in [-0.3, -0.25) is 0 Å². The maximum atomic E-state index is 6.19. The SMILES string of the molecule is CC(C)[Si](C(C)C)(C(C)C)n1ccc(-c2cccc(Cl)c2N)c1. The summed E-state index contributed by atoms with van der Waals surface area (Å²) in [6, 6.07) is 8.03. The molecule has 0 saturated heterocycles. The maximum Gasteiger partial charge on any atom is 0.168 e. The molecule has 2 nitrogen and oxygen atoms in total. The van der Waals surface area contributed by atoms with Crippen molar-refractivity contribution in [2.45, 2.75) is 58.2 Å².